The van der Waals surface area contributed by atoms with Gasteiger partial charge in [0.15, 0.2) is 0 Å². The largest absolute Gasteiger partial charge is 0.497 e. The van der Waals surface area contributed by atoms with Crippen molar-refractivity contribution in [3.8, 4) is 11.5 Å². The lowest BCUT2D eigenvalue weighted by Crippen LogP contribution is -2.31. The van der Waals surface area contributed by atoms with Gasteiger partial charge in [0.05, 0.1) is 46.4 Å². The molecule has 190 valence electrons. The van der Waals surface area contributed by atoms with Gasteiger partial charge < -0.3 is 20.1 Å². The van der Waals surface area contributed by atoms with Gasteiger partial charge in [-0.2, -0.15) is 0 Å². The number of carbonyl (C=O) groups excluding carboxylic acids is 2. The van der Waals surface area contributed by atoms with Crippen LogP contribution in [0.25, 0.3) is 6.08 Å². The van der Waals surface area contributed by atoms with E-state index in [1.54, 1.807) is 0 Å². The monoisotopic (exact) mass is 526 g/mol. The molecule has 37 heavy (non-hydrogen) atoms. The SMILES string of the molecule is COc1ccc(C(=O)NC(=Cc2ccc([N+](=O)[O-])cc2)C(=O)Nc2ccc([N+](=O)[O-])cc2OC)c(Cl)c1. The van der Waals surface area contributed by atoms with Crippen LogP contribution in [-0.4, -0.2) is 35.9 Å². The van der Waals surface area contributed by atoms with E-state index in [1.165, 1.54) is 74.9 Å². The number of anilines is 1. The molecule has 0 unspecified atom stereocenters. The molecule has 2 amide bonds. The molecule has 3 aromatic rings. The normalized spacial score (nSPS) is 10.8. The fourth-order valence-corrected chi connectivity index (χ4v) is 3.36. The Morgan fingerprint density at radius 3 is 2.11 bits per heavy atom. The highest BCUT2D eigenvalue weighted by molar-refractivity contribution is 6.34. The van der Waals surface area contributed by atoms with E-state index in [9.17, 15) is 29.8 Å². The maximum Gasteiger partial charge on any atom is 0.273 e. The smallest absolute Gasteiger partial charge is 0.273 e. The molecule has 13 heteroatoms. The second-order valence-electron chi connectivity index (χ2n) is 7.30. The van der Waals surface area contributed by atoms with Gasteiger partial charge >= 0.3 is 0 Å². The number of nitro groups is 2. The Hall–Kier alpha value is -4.97. The van der Waals surface area contributed by atoms with Crippen molar-refractivity contribution in [2.75, 3.05) is 19.5 Å². The number of benzene rings is 3. The number of rotatable bonds is 9. The predicted octanol–water partition coefficient (Wildman–Crippen LogP) is 4.58. The number of non-ortho nitro benzene ring substituents is 2. The number of nitrogens with zero attached hydrogens (tertiary/aromatic N) is 2. The molecule has 0 bridgehead atoms. The predicted molar refractivity (Wildman–Crippen MR) is 135 cm³/mol. The standard InChI is InChI=1S/C24H19ClN4O8/c1-36-17-8-9-18(19(25)13-17)23(30)27-21(11-14-3-5-15(6-4-14)28(32)33)24(31)26-20-10-7-16(29(34)35)12-22(20)37-2/h3-13H,1-2H3,(H,26,31)(H,27,30). The summed E-state index contributed by atoms with van der Waals surface area (Å²) in [5, 5.41) is 27.1. The summed E-state index contributed by atoms with van der Waals surface area (Å²) in [7, 11) is 2.71. The fraction of sp³-hybridized carbons (Fsp3) is 0.0833. The van der Waals surface area contributed by atoms with E-state index in [-0.39, 0.29) is 39.1 Å². The fourth-order valence-electron chi connectivity index (χ4n) is 3.10. The molecular formula is C24H19ClN4O8. The van der Waals surface area contributed by atoms with Crippen molar-refractivity contribution in [2.24, 2.45) is 0 Å². The van der Waals surface area contributed by atoms with Crippen LogP contribution in [0.3, 0.4) is 0 Å². The molecule has 0 spiro atoms. The van der Waals surface area contributed by atoms with Gasteiger partial charge in [0.1, 0.15) is 17.2 Å². The van der Waals surface area contributed by atoms with Crippen molar-refractivity contribution >= 4 is 46.6 Å². The third kappa shape index (κ3) is 6.58. The maximum atomic E-state index is 13.2. The van der Waals surface area contributed by atoms with E-state index in [0.717, 1.165) is 6.07 Å². The number of hydrogen-bond acceptors (Lipinski definition) is 8. The molecule has 3 aromatic carbocycles. The van der Waals surface area contributed by atoms with Gasteiger partial charge in [0.2, 0.25) is 0 Å². The summed E-state index contributed by atoms with van der Waals surface area (Å²) in [5.74, 6) is -1.08. The third-order valence-electron chi connectivity index (χ3n) is 4.97. The topological polar surface area (TPSA) is 163 Å². The Labute approximate surface area is 214 Å². The quantitative estimate of drug-likeness (QED) is 0.232. The van der Waals surface area contributed by atoms with E-state index in [0.29, 0.717) is 11.3 Å². The van der Waals surface area contributed by atoms with Crippen molar-refractivity contribution in [1.29, 1.82) is 0 Å². The van der Waals surface area contributed by atoms with Crippen molar-refractivity contribution in [2.45, 2.75) is 0 Å². The molecule has 0 radical (unpaired) electrons. The van der Waals surface area contributed by atoms with E-state index < -0.39 is 21.7 Å². The molecule has 2 N–H and O–H groups in total. The molecule has 0 aromatic heterocycles. The number of hydrogen-bond donors (Lipinski definition) is 2. The van der Waals surface area contributed by atoms with Crippen LogP contribution in [-0.2, 0) is 4.79 Å². The van der Waals surface area contributed by atoms with Crippen LogP contribution in [0.2, 0.25) is 5.02 Å². The van der Waals surface area contributed by atoms with Gasteiger partial charge in [0, 0.05) is 18.2 Å². The second-order valence-corrected chi connectivity index (χ2v) is 7.71. The molecule has 12 nitrogen and oxygen atoms in total. The minimum atomic E-state index is -0.802. The summed E-state index contributed by atoms with van der Waals surface area (Å²) in [4.78, 5) is 47.0. The average Bonchev–Trinajstić information content (AvgIpc) is 2.88. The van der Waals surface area contributed by atoms with Crippen LogP contribution in [0.1, 0.15) is 15.9 Å². The van der Waals surface area contributed by atoms with E-state index >= 15 is 0 Å². The summed E-state index contributed by atoms with van der Waals surface area (Å²) in [5.41, 5.74) is -0.132. The van der Waals surface area contributed by atoms with Crippen LogP contribution in [0, 0.1) is 20.2 Å². The molecule has 0 aliphatic carbocycles. The molecule has 3 rings (SSSR count). The maximum absolute atomic E-state index is 13.2. The highest BCUT2D eigenvalue weighted by Crippen LogP contribution is 2.29. The summed E-state index contributed by atoms with van der Waals surface area (Å²) < 4.78 is 10.2. The number of amides is 2. The Morgan fingerprint density at radius 2 is 1.54 bits per heavy atom. The minimum Gasteiger partial charge on any atom is -0.497 e. The Bertz CT molecular complexity index is 1410. The summed E-state index contributed by atoms with van der Waals surface area (Å²) in [6.07, 6.45) is 1.30. The lowest BCUT2D eigenvalue weighted by molar-refractivity contribution is -0.385. The number of nitrogens with one attached hydrogen (secondary N) is 2. The Balaban J connectivity index is 1.97. The first-order valence-electron chi connectivity index (χ1n) is 10.4. The Kier molecular flexibility index (Phi) is 8.38. The zero-order valence-electron chi connectivity index (χ0n) is 19.4. The third-order valence-corrected chi connectivity index (χ3v) is 5.29. The van der Waals surface area contributed by atoms with Crippen molar-refractivity contribution in [3.05, 3.63) is 103 Å². The first-order valence-corrected chi connectivity index (χ1v) is 10.8. The van der Waals surface area contributed by atoms with Gasteiger partial charge in [-0.15, -0.1) is 0 Å². The van der Waals surface area contributed by atoms with E-state index in [1.807, 2.05) is 0 Å². The van der Waals surface area contributed by atoms with E-state index in [4.69, 9.17) is 21.1 Å². The number of carbonyl (C=O) groups is 2. The molecule has 0 atom stereocenters. The number of halogens is 1. The van der Waals surface area contributed by atoms with Crippen LogP contribution in [0.15, 0.2) is 66.4 Å². The molecule has 0 saturated carbocycles. The van der Waals surface area contributed by atoms with Gasteiger partial charge in [-0.25, -0.2) is 0 Å². The van der Waals surface area contributed by atoms with Crippen molar-refractivity contribution < 1.29 is 28.9 Å². The highest BCUT2D eigenvalue weighted by Gasteiger charge is 2.20. The van der Waals surface area contributed by atoms with Gasteiger partial charge in [0.25, 0.3) is 23.2 Å². The number of ether oxygens (including phenoxy) is 2. The molecule has 0 saturated heterocycles. The number of nitro benzene ring substituents is 2. The summed E-state index contributed by atoms with van der Waals surface area (Å²) in [6.45, 7) is 0. The highest BCUT2D eigenvalue weighted by atomic mass is 35.5. The van der Waals surface area contributed by atoms with Crippen molar-refractivity contribution in [1.82, 2.24) is 5.32 Å². The average molecular weight is 527 g/mol. The molecule has 0 fully saturated rings. The summed E-state index contributed by atoms with van der Waals surface area (Å²) in [6, 6.07) is 13.2. The number of methoxy groups -OCH3 is 2. The van der Waals surface area contributed by atoms with Gasteiger partial charge in [-0.3, -0.25) is 29.8 Å². The van der Waals surface area contributed by atoms with E-state index in [2.05, 4.69) is 10.6 Å². The first-order chi connectivity index (χ1) is 17.6. The van der Waals surface area contributed by atoms with Crippen LogP contribution in [0.5, 0.6) is 11.5 Å². The van der Waals surface area contributed by atoms with Crippen molar-refractivity contribution in [3.63, 3.8) is 0 Å². The molecule has 0 heterocycles. The van der Waals surface area contributed by atoms with Gasteiger partial charge in [-0.1, -0.05) is 11.6 Å². The summed E-state index contributed by atoms with van der Waals surface area (Å²) >= 11 is 6.19. The van der Waals surface area contributed by atoms with Gasteiger partial charge in [-0.05, 0) is 48.0 Å². The molecule has 0 aliphatic heterocycles. The Morgan fingerprint density at radius 1 is 0.892 bits per heavy atom. The zero-order valence-corrected chi connectivity index (χ0v) is 20.1. The lowest BCUT2D eigenvalue weighted by atomic mass is 10.1. The van der Waals surface area contributed by atoms with Crippen LogP contribution >= 0.6 is 11.6 Å². The second kappa shape index (κ2) is 11.6. The first kappa shape index (κ1) is 26.6. The molecular weight excluding hydrogens is 508 g/mol. The lowest BCUT2D eigenvalue weighted by Gasteiger charge is -2.14. The van der Waals surface area contributed by atoms with Crippen LogP contribution < -0.4 is 20.1 Å². The molecule has 0 aliphatic rings. The minimum absolute atomic E-state index is 0.0155. The van der Waals surface area contributed by atoms with Crippen LogP contribution in [0.4, 0.5) is 17.1 Å². The zero-order chi connectivity index (χ0) is 27.1.